The quantitative estimate of drug-likeness (QED) is 0.563. The molecular formula is C22H24N6O2. The van der Waals surface area contributed by atoms with Crippen molar-refractivity contribution in [2.45, 2.75) is 0 Å². The van der Waals surface area contributed by atoms with Crippen LogP contribution in [0.4, 0.5) is 17.5 Å². The minimum atomic E-state index is 0.695. The lowest BCUT2D eigenvalue weighted by Crippen LogP contribution is -2.46. The molecule has 8 nitrogen and oxygen atoms in total. The maximum absolute atomic E-state index is 5.98. The molecule has 2 aliphatic heterocycles. The van der Waals surface area contributed by atoms with Crippen LogP contribution in [0.25, 0.3) is 22.0 Å². The highest BCUT2D eigenvalue weighted by Gasteiger charge is 2.22. The number of rotatable bonds is 3. The molecule has 0 bridgehead atoms. The molecule has 0 spiro atoms. The summed E-state index contributed by atoms with van der Waals surface area (Å²) >= 11 is 0. The van der Waals surface area contributed by atoms with Gasteiger partial charge in [-0.15, -0.1) is 0 Å². The van der Waals surface area contributed by atoms with Gasteiger partial charge in [-0.25, -0.2) is 0 Å². The Balaban J connectivity index is 1.19. The molecule has 8 heteroatoms. The molecule has 30 heavy (non-hydrogen) atoms. The summed E-state index contributed by atoms with van der Waals surface area (Å²) in [6.07, 6.45) is 0. The number of H-pyrrole nitrogens is 1. The van der Waals surface area contributed by atoms with Crippen LogP contribution in [0, 0.1) is 0 Å². The third kappa shape index (κ3) is 3.04. The number of ether oxygens (including phenoxy) is 1. The topological polar surface area (TPSA) is 73.7 Å². The van der Waals surface area contributed by atoms with Gasteiger partial charge in [0.25, 0.3) is 6.01 Å². The minimum absolute atomic E-state index is 0.695. The Morgan fingerprint density at radius 2 is 1.63 bits per heavy atom. The molecular weight excluding hydrogens is 380 g/mol. The first kappa shape index (κ1) is 17.6. The molecule has 2 aromatic heterocycles. The average Bonchev–Trinajstić information content (AvgIpc) is 3.44. The maximum atomic E-state index is 5.98. The summed E-state index contributed by atoms with van der Waals surface area (Å²) in [6.45, 7) is 6.85. The van der Waals surface area contributed by atoms with Crippen molar-refractivity contribution in [3.05, 3.63) is 42.5 Å². The Bertz CT molecular complexity index is 1170. The number of aromatic amines is 1. The molecule has 0 atom stereocenters. The van der Waals surface area contributed by atoms with E-state index in [9.17, 15) is 0 Å². The number of anilines is 3. The molecule has 4 aromatic rings. The molecule has 0 amide bonds. The second-order valence-electron chi connectivity index (χ2n) is 7.81. The highest BCUT2D eigenvalue weighted by Crippen LogP contribution is 2.29. The minimum Gasteiger partial charge on any atom is -0.423 e. The molecule has 2 aromatic carbocycles. The van der Waals surface area contributed by atoms with E-state index in [1.54, 1.807) is 0 Å². The van der Waals surface area contributed by atoms with Crippen molar-refractivity contribution in [1.82, 2.24) is 15.2 Å². The largest absolute Gasteiger partial charge is 0.423 e. The van der Waals surface area contributed by atoms with Crippen LogP contribution >= 0.6 is 0 Å². The molecule has 2 saturated heterocycles. The van der Waals surface area contributed by atoms with Crippen LogP contribution in [0.15, 0.2) is 46.9 Å². The second-order valence-corrected chi connectivity index (χ2v) is 7.81. The smallest absolute Gasteiger partial charge is 0.298 e. The van der Waals surface area contributed by atoms with Crippen LogP contribution in [-0.4, -0.2) is 67.7 Å². The van der Waals surface area contributed by atoms with Crippen LogP contribution in [0.2, 0.25) is 0 Å². The molecule has 0 unspecified atom stereocenters. The zero-order chi connectivity index (χ0) is 19.9. The van der Waals surface area contributed by atoms with Crippen molar-refractivity contribution in [1.29, 1.82) is 0 Å². The van der Waals surface area contributed by atoms with Crippen LogP contribution in [-0.2, 0) is 4.74 Å². The first-order chi connectivity index (χ1) is 14.8. The van der Waals surface area contributed by atoms with Gasteiger partial charge in [0.1, 0.15) is 5.52 Å². The number of nitrogens with zero attached hydrogens (tertiary/aromatic N) is 5. The number of hydrogen-bond acceptors (Lipinski definition) is 7. The van der Waals surface area contributed by atoms with E-state index >= 15 is 0 Å². The molecule has 2 fully saturated rings. The summed E-state index contributed by atoms with van der Waals surface area (Å²) in [6, 6.07) is 15.3. The van der Waals surface area contributed by atoms with E-state index < -0.39 is 0 Å². The number of hydrogen-bond donors (Lipinski definition) is 1. The second kappa shape index (κ2) is 7.21. The van der Waals surface area contributed by atoms with Gasteiger partial charge < -0.3 is 23.9 Å². The van der Waals surface area contributed by atoms with Crippen molar-refractivity contribution < 1.29 is 9.15 Å². The molecule has 0 radical (unpaired) electrons. The summed E-state index contributed by atoms with van der Waals surface area (Å²) in [7, 11) is 0. The third-order valence-electron chi connectivity index (χ3n) is 6.04. The van der Waals surface area contributed by atoms with Gasteiger partial charge in [0.05, 0.1) is 18.7 Å². The molecule has 1 N–H and O–H groups in total. The molecule has 2 aliphatic rings. The van der Waals surface area contributed by atoms with E-state index in [-0.39, 0.29) is 0 Å². The summed E-state index contributed by atoms with van der Waals surface area (Å²) in [5.41, 5.74) is 4.02. The fourth-order valence-corrected chi connectivity index (χ4v) is 4.36. The molecule has 0 aliphatic carbocycles. The van der Waals surface area contributed by atoms with Crippen LogP contribution < -0.4 is 14.7 Å². The van der Waals surface area contributed by atoms with Gasteiger partial charge >= 0.3 is 0 Å². The van der Waals surface area contributed by atoms with Gasteiger partial charge in [0.15, 0.2) is 11.4 Å². The maximum Gasteiger partial charge on any atom is 0.298 e. The fraction of sp³-hybridized carbons (Fsp3) is 0.364. The van der Waals surface area contributed by atoms with E-state index in [0.29, 0.717) is 6.01 Å². The van der Waals surface area contributed by atoms with Crippen LogP contribution in [0.1, 0.15) is 0 Å². The predicted molar refractivity (Wildman–Crippen MR) is 118 cm³/mol. The summed E-state index contributed by atoms with van der Waals surface area (Å²) in [4.78, 5) is 11.7. The highest BCUT2D eigenvalue weighted by atomic mass is 16.5. The van der Waals surface area contributed by atoms with Crippen molar-refractivity contribution >= 4 is 39.5 Å². The lowest BCUT2D eigenvalue weighted by molar-refractivity contribution is 0.120. The van der Waals surface area contributed by atoms with Crippen LogP contribution in [0.5, 0.6) is 0 Å². The Morgan fingerprint density at radius 1 is 0.833 bits per heavy atom. The zero-order valence-corrected chi connectivity index (χ0v) is 16.8. The van der Waals surface area contributed by atoms with E-state index in [0.717, 1.165) is 74.9 Å². The van der Waals surface area contributed by atoms with E-state index in [2.05, 4.69) is 55.2 Å². The van der Waals surface area contributed by atoms with Gasteiger partial charge in [-0.3, -0.25) is 5.10 Å². The highest BCUT2D eigenvalue weighted by molar-refractivity contribution is 5.90. The lowest BCUT2D eigenvalue weighted by atomic mass is 10.2. The van der Waals surface area contributed by atoms with E-state index in [1.807, 2.05) is 12.1 Å². The van der Waals surface area contributed by atoms with Gasteiger partial charge in [0.2, 0.25) is 0 Å². The number of oxazole rings is 1. The Kier molecular flexibility index (Phi) is 4.23. The summed E-state index contributed by atoms with van der Waals surface area (Å²) < 4.78 is 11.4. The SMILES string of the molecule is c1ccc2c(N3CCN(c4ccc5oc(N6CCOCC6)nc5c4)CC3)n[nH]c2c1. The number of fused-ring (bicyclic) bond motifs is 2. The summed E-state index contributed by atoms with van der Waals surface area (Å²) in [5.74, 6) is 1.05. The molecule has 0 saturated carbocycles. The van der Waals surface area contributed by atoms with Crippen molar-refractivity contribution in [3.63, 3.8) is 0 Å². The van der Waals surface area contributed by atoms with Gasteiger partial charge in [-0.1, -0.05) is 12.1 Å². The summed E-state index contributed by atoms with van der Waals surface area (Å²) in [5, 5.41) is 8.88. The van der Waals surface area contributed by atoms with Gasteiger partial charge in [0, 0.05) is 50.3 Å². The molecule has 4 heterocycles. The number of para-hydroxylation sites is 1. The number of morpholine rings is 1. The number of piperazine rings is 1. The average molecular weight is 404 g/mol. The number of aromatic nitrogens is 3. The fourth-order valence-electron chi connectivity index (χ4n) is 4.36. The molecule has 154 valence electrons. The Labute approximate surface area is 174 Å². The Morgan fingerprint density at radius 3 is 2.50 bits per heavy atom. The van der Waals surface area contributed by atoms with Crippen molar-refractivity contribution in [2.75, 3.05) is 67.2 Å². The van der Waals surface area contributed by atoms with E-state index in [1.165, 1.54) is 11.1 Å². The first-order valence-electron chi connectivity index (χ1n) is 10.5. The van der Waals surface area contributed by atoms with Gasteiger partial charge in [-0.05, 0) is 30.3 Å². The standard InChI is InChI=1S/C22H24N6O2/c1-2-4-18-17(3-1)21(25-24-18)27-9-7-26(8-10-27)16-5-6-20-19(15-16)23-22(30-20)28-11-13-29-14-12-28/h1-6,15H,7-14H2,(H,24,25). The zero-order valence-electron chi connectivity index (χ0n) is 16.8. The van der Waals surface area contributed by atoms with Gasteiger partial charge in [-0.2, -0.15) is 10.1 Å². The number of nitrogens with one attached hydrogen (secondary N) is 1. The van der Waals surface area contributed by atoms with Crippen molar-refractivity contribution in [2.24, 2.45) is 0 Å². The third-order valence-corrected chi connectivity index (χ3v) is 6.04. The first-order valence-corrected chi connectivity index (χ1v) is 10.5. The Hall–Kier alpha value is -3.26. The number of benzene rings is 2. The predicted octanol–water partition coefficient (Wildman–Crippen LogP) is 2.87. The normalized spacial score (nSPS) is 17.9. The monoisotopic (exact) mass is 404 g/mol. The molecule has 6 rings (SSSR count). The van der Waals surface area contributed by atoms with Crippen molar-refractivity contribution in [3.8, 4) is 0 Å². The van der Waals surface area contributed by atoms with E-state index in [4.69, 9.17) is 14.1 Å². The van der Waals surface area contributed by atoms with Crippen LogP contribution in [0.3, 0.4) is 0 Å². The lowest BCUT2D eigenvalue weighted by Gasteiger charge is -2.36.